The SMILES string of the molecule is Cc1cccnc1CNC(=O)C[C@@H](c1ccccc1)c1ccccc1F. The van der Waals surface area contributed by atoms with E-state index in [1.54, 1.807) is 24.4 Å². The van der Waals surface area contributed by atoms with Crippen LogP contribution in [0.1, 0.15) is 34.7 Å². The van der Waals surface area contributed by atoms with E-state index in [1.165, 1.54) is 6.07 Å². The van der Waals surface area contributed by atoms with Gasteiger partial charge in [0.25, 0.3) is 0 Å². The van der Waals surface area contributed by atoms with Gasteiger partial charge in [0.2, 0.25) is 5.91 Å². The van der Waals surface area contributed by atoms with E-state index in [4.69, 9.17) is 0 Å². The summed E-state index contributed by atoms with van der Waals surface area (Å²) in [5, 5.41) is 2.91. The van der Waals surface area contributed by atoms with Gasteiger partial charge in [-0.1, -0.05) is 54.6 Å². The molecule has 1 atom stereocenters. The average Bonchev–Trinajstić information content (AvgIpc) is 2.67. The van der Waals surface area contributed by atoms with Gasteiger partial charge in [-0.25, -0.2) is 4.39 Å². The van der Waals surface area contributed by atoms with E-state index in [-0.39, 0.29) is 24.1 Å². The number of nitrogens with one attached hydrogen (secondary N) is 1. The van der Waals surface area contributed by atoms with E-state index in [0.717, 1.165) is 16.8 Å². The van der Waals surface area contributed by atoms with Crippen LogP contribution in [0.25, 0.3) is 0 Å². The molecule has 3 aromatic rings. The van der Waals surface area contributed by atoms with Gasteiger partial charge in [0.15, 0.2) is 0 Å². The fraction of sp³-hybridized carbons (Fsp3) is 0.182. The molecule has 1 aromatic heterocycles. The van der Waals surface area contributed by atoms with Gasteiger partial charge in [-0.05, 0) is 35.7 Å². The minimum absolute atomic E-state index is 0.132. The van der Waals surface area contributed by atoms with Gasteiger partial charge in [0.1, 0.15) is 5.82 Å². The molecule has 3 rings (SSSR count). The maximum atomic E-state index is 14.3. The molecule has 4 heteroatoms. The Bertz CT molecular complexity index is 880. The molecular weight excluding hydrogens is 327 g/mol. The molecular formula is C22H21FN2O. The van der Waals surface area contributed by atoms with Gasteiger partial charge in [0.05, 0.1) is 12.2 Å². The predicted molar refractivity (Wildman–Crippen MR) is 100 cm³/mol. The molecule has 3 nitrogen and oxygen atoms in total. The number of hydrogen-bond donors (Lipinski definition) is 1. The van der Waals surface area contributed by atoms with E-state index in [2.05, 4.69) is 10.3 Å². The Balaban J connectivity index is 1.77. The highest BCUT2D eigenvalue weighted by atomic mass is 19.1. The van der Waals surface area contributed by atoms with Crippen molar-refractivity contribution in [3.8, 4) is 0 Å². The van der Waals surface area contributed by atoms with Crippen molar-refractivity contribution in [3.05, 3.63) is 101 Å². The minimum Gasteiger partial charge on any atom is -0.350 e. The summed E-state index contributed by atoms with van der Waals surface area (Å²) in [4.78, 5) is 16.8. The number of aromatic nitrogens is 1. The maximum Gasteiger partial charge on any atom is 0.221 e. The summed E-state index contributed by atoms with van der Waals surface area (Å²) >= 11 is 0. The highest BCUT2D eigenvalue weighted by Crippen LogP contribution is 2.29. The maximum absolute atomic E-state index is 14.3. The van der Waals surface area contributed by atoms with Crippen LogP contribution in [0.2, 0.25) is 0 Å². The van der Waals surface area contributed by atoms with E-state index >= 15 is 0 Å². The predicted octanol–water partition coefficient (Wildman–Crippen LogP) is 4.37. The smallest absolute Gasteiger partial charge is 0.221 e. The molecule has 0 aliphatic heterocycles. The second-order valence-corrected chi connectivity index (χ2v) is 6.23. The number of carbonyl (C=O) groups is 1. The zero-order valence-corrected chi connectivity index (χ0v) is 14.7. The molecule has 132 valence electrons. The lowest BCUT2D eigenvalue weighted by Gasteiger charge is -2.18. The molecule has 0 bridgehead atoms. The highest BCUT2D eigenvalue weighted by molar-refractivity contribution is 5.77. The molecule has 1 amide bonds. The first-order chi connectivity index (χ1) is 12.6. The van der Waals surface area contributed by atoms with Gasteiger partial charge >= 0.3 is 0 Å². The van der Waals surface area contributed by atoms with E-state index < -0.39 is 0 Å². The molecule has 2 aromatic carbocycles. The van der Waals surface area contributed by atoms with Crippen molar-refractivity contribution in [1.29, 1.82) is 0 Å². The Kier molecular flexibility index (Phi) is 5.74. The van der Waals surface area contributed by atoms with Crippen molar-refractivity contribution < 1.29 is 9.18 Å². The lowest BCUT2D eigenvalue weighted by Crippen LogP contribution is -2.26. The van der Waals surface area contributed by atoms with Crippen molar-refractivity contribution in [3.63, 3.8) is 0 Å². The Morgan fingerprint density at radius 2 is 1.77 bits per heavy atom. The van der Waals surface area contributed by atoms with Crippen LogP contribution in [-0.2, 0) is 11.3 Å². The number of amides is 1. The molecule has 0 saturated heterocycles. The van der Waals surface area contributed by atoms with Crippen LogP contribution in [0.3, 0.4) is 0 Å². The fourth-order valence-corrected chi connectivity index (χ4v) is 2.99. The van der Waals surface area contributed by atoms with Gasteiger partial charge in [-0.15, -0.1) is 0 Å². The molecule has 0 fully saturated rings. The average molecular weight is 348 g/mol. The Hall–Kier alpha value is -3.01. The zero-order chi connectivity index (χ0) is 18.4. The zero-order valence-electron chi connectivity index (χ0n) is 14.7. The summed E-state index contributed by atoms with van der Waals surface area (Å²) in [7, 11) is 0. The van der Waals surface area contributed by atoms with Gasteiger partial charge in [0, 0.05) is 18.5 Å². The van der Waals surface area contributed by atoms with Crippen molar-refractivity contribution in [2.75, 3.05) is 0 Å². The van der Waals surface area contributed by atoms with Crippen LogP contribution in [0.15, 0.2) is 72.9 Å². The third-order valence-corrected chi connectivity index (χ3v) is 4.44. The lowest BCUT2D eigenvalue weighted by atomic mass is 9.88. The number of pyridine rings is 1. The minimum atomic E-state index is -0.331. The van der Waals surface area contributed by atoms with Crippen LogP contribution in [-0.4, -0.2) is 10.9 Å². The normalized spacial score (nSPS) is 11.8. The van der Waals surface area contributed by atoms with E-state index in [0.29, 0.717) is 12.1 Å². The number of rotatable bonds is 6. The quantitative estimate of drug-likeness (QED) is 0.719. The second-order valence-electron chi connectivity index (χ2n) is 6.23. The third-order valence-electron chi connectivity index (χ3n) is 4.44. The summed E-state index contributed by atoms with van der Waals surface area (Å²) < 4.78 is 14.3. The van der Waals surface area contributed by atoms with Crippen LogP contribution < -0.4 is 5.32 Å². The first-order valence-corrected chi connectivity index (χ1v) is 8.61. The van der Waals surface area contributed by atoms with Crippen molar-refractivity contribution >= 4 is 5.91 Å². The molecule has 1 heterocycles. The highest BCUT2D eigenvalue weighted by Gasteiger charge is 2.21. The van der Waals surface area contributed by atoms with Gasteiger partial charge in [-0.3, -0.25) is 9.78 Å². The second kappa shape index (κ2) is 8.39. The number of halogens is 1. The van der Waals surface area contributed by atoms with Crippen LogP contribution in [0.5, 0.6) is 0 Å². The monoisotopic (exact) mass is 348 g/mol. The molecule has 0 saturated carbocycles. The van der Waals surface area contributed by atoms with E-state index in [9.17, 15) is 9.18 Å². The Labute approximate surface area is 152 Å². The van der Waals surface area contributed by atoms with Crippen LogP contribution in [0, 0.1) is 12.7 Å². The lowest BCUT2D eigenvalue weighted by molar-refractivity contribution is -0.121. The molecule has 0 radical (unpaired) electrons. The van der Waals surface area contributed by atoms with Crippen molar-refractivity contribution in [2.45, 2.75) is 25.8 Å². The number of nitrogens with zero attached hydrogens (tertiary/aromatic N) is 1. The summed E-state index contributed by atoms with van der Waals surface area (Å²) in [6.45, 7) is 2.32. The number of hydrogen-bond acceptors (Lipinski definition) is 2. The van der Waals surface area contributed by atoms with Crippen LogP contribution in [0.4, 0.5) is 4.39 Å². The largest absolute Gasteiger partial charge is 0.350 e. The summed E-state index contributed by atoms with van der Waals surface area (Å²) in [5.74, 6) is -0.760. The van der Waals surface area contributed by atoms with Crippen molar-refractivity contribution in [2.24, 2.45) is 0 Å². The summed E-state index contributed by atoms with van der Waals surface area (Å²) in [6, 6.07) is 20.0. The third kappa shape index (κ3) is 4.33. The number of carbonyl (C=O) groups excluding carboxylic acids is 1. The Morgan fingerprint density at radius 1 is 1.04 bits per heavy atom. The molecule has 0 spiro atoms. The number of benzene rings is 2. The van der Waals surface area contributed by atoms with Crippen molar-refractivity contribution in [1.82, 2.24) is 10.3 Å². The summed E-state index contributed by atoms with van der Waals surface area (Å²) in [5.41, 5.74) is 3.31. The van der Waals surface area contributed by atoms with Crippen LogP contribution >= 0.6 is 0 Å². The van der Waals surface area contributed by atoms with Gasteiger partial charge < -0.3 is 5.32 Å². The standard InChI is InChI=1S/C22H21FN2O/c1-16-8-7-13-24-21(16)15-25-22(26)14-19(17-9-3-2-4-10-17)18-11-5-6-12-20(18)23/h2-13,19H,14-15H2,1H3,(H,25,26)/t19-/m0/s1. The topological polar surface area (TPSA) is 42.0 Å². The molecule has 26 heavy (non-hydrogen) atoms. The first kappa shape index (κ1) is 17.8. The molecule has 0 aliphatic carbocycles. The van der Waals surface area contributed by atoms with Gasteiger partial charge in [-0.2, -0.15) is 0 Å². The first-order valence-electron chi connectivity index (χ1n) is 8.61. The fourth-order valence-electron chi connectivity index (χ4n) is 2.99. The molecule has 0 unspecified atom stereocenters. The van der Waals surface area contributed by atoms with E-state index in [1.807, 2.05) is 49.4 Å². The summed E-state index contributed by atoms with van der Waals surface area (Å²) in [6.07, 6.45) is 1.89. The molecule has 1 N–H and O–H groups in total. The Morgan fingerprint density at radius 3 is 2.50 bits per heavy atom. The molecule has 0 aliphatic rings. The number of aryl methyl sites for hydroxylation is 1.